The van der Waals surface area contributed by atoms with Crippen LogP contribution in [0.5, 0.6) is 0 Å². The van der Waals surface area contributed by atoms with Gasteiger partial charge in [-0.25, -0.2) is 0 Å². The summed E-state index contributed by atoms with van der Waals surface area (Å²) in [5, 5.41) is 3.02. The number of amides is 1. The lowest BCUT2D eigenvalue weighted by Gasteiger charge is -2.32. The van der Waals surface area contributed by atoms with Crippen molar-refractivity contribution in [2.45, 2.75) is 31.5 Å². The third-order valence-corrected chi connectivity index (χ3v) is 4.47. The fraction of sp³-hybridized carbons (Fsp3) is 0.562. The third kappa shape index (κ3) is 5.35. The second-order valence-electron chi connectivity index (χ2n) is 5.75. The molecule has 0 aliphatic carbocycles. The summed E-state index contributed by atoms with van der Waals surface area (Å²) in [5.41, 5.74) is 7.05. The van der Waals surface area contributed by atoms with Gasteiger partial charge in [0.2, 0.25) is 5.91 Å². The highest BCUT2D eigenvalue weighted by molar-refractivity contribution is 9.10. The van der Waals surface area contributed by atoms with E-state index in [0.29, 0.717) is 0 Å². The average molecular weight is 370 g/mol. The summed E-state index contributed by atoms with van der Waals surface area (Å²) in [5.74, 6) is -0.117. The van der Waals surface area contributed by atoms with E-state index in [1.165, 1.54) is 5.56 Å². The number of methoxy groups -OCH3 is 1. The third-order valence-electron chi connectivity index (χ3n) is 3.94. The molecule has 6 heteroatoms. The number of benzene rings is 1. The molecular formula is C16H24BrN3O2. The van der Waals surface area contributed by atoms with Gasteiger partial charge >= 0.3 is 0 Å². The molecule has 0 spiro atoms. The summed E-state index contributed by atoms with van der Waals surface area (Å²) >= 11 is 3.45. The lowest BCUT2D eigenvalue weighted by Crippen LogP contribution is -2.50. The number of halogens is 1. The Morgan fingerprint density at radius 1 is 1.41 bits per heavy atom. The van der Waals surface area contributed by atoms with Crippen molar-refractivity contribution in [3.05, 3.63) is 34.3 Å². The topological polar surface area (TPSA) is 67.6 Å². The number of piperidine rings is 1. The highest BCUT2D eigenvalue weighted by Crippen LogP contribution is 2.16. The van der Waals surface area contributed by atoms with E-state index in [4.69, 9.17) is 10.5 Å². The second kappa shape index (κ2) is 8.62. The highest BCUT2D eigenvalue weighted by atomic mass is 79.9. The molecule has 1 saturated heterocycles. The van der Waals surface area contributed by atoms with Crippen molar-refractivity contribution in [2.75, 3.05) is 26.8 Å². The van der Waals surface area contributed by atoms with Crippen LogP contribution in [0.2, 0.25) is 0 Å². The van der Waals surface area contributed by atoms with Crippen LogP contribution in [-0.4, -0.2) is 49.7 Å². The molecule has 0 aromatic heterocycles. The largest absolute Gasteiger partial charge is 0.383 e. The summed E-state index contributed by atoms with van der Waals surface area (Å²) < 4.78 is 6.01. The molecule has 0 bridgehead atoms. The minimum atomic E-state index is -0.578. The van der Waals surface area contributed by atoms with Crippen molar-refractivity contribution in [3.63, 3.8) is 0 Å². The van der Waals surface area contributed by atoms with Gasteiger partial charge < -0.3 is 15.8 Å². The molecule has 1 amide bonds. The maximum absolute atomic E-state index is 11.9. The van der Waals surface area contributed by atoms with E-state index in [-0.39, 0.29) is 18.6 Å². The summed E-state index contributed by atoms with van der Waals surface area (Å²) in [6, 6.07) is 8.06. The molecule has 1 heterocycles. The van der Waals surface area contributed by atoms with Gasteiger partial charge in [-0.15, -0.1) is 0 Å². The van der Waals surface area contributed by atoms with Crippen molar-refractivity contribution < 1.29 is 9.53 Å². The molecule has 5 nitrogen and oxygen atoms in total. The molecule has 1 fully saturated rings. The Balaban J connectivity index is 1.73. The van der Waals surface area contributed by atoms with Crippen molar-refractivity contribution in [2.24, 2.45) is 5.73 Å². The molecule has 1 unspecified atom stereocenters. The number of carbonyl (C=O) groups is 1. The first-order valence-corrected chi connectivity index (χ1v) is 8.39. The molecule has 122 valence electrons. The fourth-order valence-corrected chi connectivity index (χ4v) is 2.91. The molecule has 2 rings (SSSR count). The zero-order valence-electron chi connectivity index (χ0n) is 12.9. The standard InChI is InChI=1S/C16H24BrN3O2/c1-22-11-15(18)16(21)19-14-6-8-20(9-7-14)10-12-2-4-13(17)5-3-12/h2-5,14-15H,6-11,18H2,1H3,(H,19,21). The molecule has 1 atom stereocenters. The van der Waals surface area contributed by atoms with Crippen molar-refractivity contribution in [1.82, 2.24) is 10.2 Å². The molecule has 0 saturated carbocycles. The Bertz CT molecular complexity index is 473. The fourth-order valence-electron chi connectivity index (χ4n) is 2.65. The number of likely N-dealkylation sites (tertiary alicyclic amines) is 1. The van der Waals surface area contributed by atoms with E-state index in [1.54, 1.807) is 7.11 Å². The number of hydrogen-bond acceptors (Lipinski definition) is 4. The lowest BCUT2D eigenvalue weighted by atomic mass is 10.0. The van der Waals surface area contributed by atoms with E-state index < -0.39 is 6.04 Å². The maximum atomic E-state index is 11.9. The predicted octanol–water partition coefficient (Wildman–Crippen LogP) is 1.50. The Morgan fingerprint density at radius 3 is 2.64 bits per heavy atom. The normalized spacial score (nSPS) is 18.1. The number of carbonyl (C=O) groups excluding carboxylic acids is 1. The molecule has 0 radical (unpaired) electrons. The van der Waals surface area contributed by atoms with Gasteiger partial charge in [0.15, 0.2) is 0 Å². The number of nitrogens with zero attached hydrogens (tertiary/aromatic N) is 1. The van der Waals surface area contributed by atoms with Crippen LogP contribution in [0.15, 0.2) is 28.7 Å². The van der Waals surface area contributed by atoms with Gasteiger partial charge in [-0.3, -0.25) is 9.69 Å². The Labute approximate surface area is 140 Å². The van der Waals surface area contributed by atoms with Crippen LogP contribution < -0.4 is 11.1 Å². The van der Waals surface area contributed by atoms with Gasteiger partial charge in [0.05, 0.1) is 6.61 Å². The van der Waals surface area contributed by atoms with Gasteiger partial charge in [0.1, 0.15) is 6.04 Å². The Kier molecular flexibility index (Phi) is 6.82. The lowest BCUT2D eigenvalue weighted by molar-refractivity contribution is -0.124. The van der Waals surface area contributed by atoms with Crippen LogP contribution in [0.3, 0.4) is 0 Å². The van der Waals surface area contributed by atoms with Crippen LogP contribution in [0.1, 0.15) is 18.4 Å². The monoisotopic (exact) mass is 369 g/mol. The van der Waals surface area contributed by atoms with E-state index >= 15 is 0 Å². The number of nitrogens with one attached hydrogen (secondary N) is 1. The molecule has 1 aromatic rings. The van der Waals surface area contributed by atoms with Crippen LogP contribution in [0.4, 0.5) is 0 Å². The summed E-state index contributed by atoms with van der Waals surface area (Å²) in [4.78, 5) is 14.3. The van der Waals surface area contributed by atoms with Gasteiger partial charge in [-0.1, -0.05) is 28.1 Å². The molecule has 1 aliphatic rings. The van der Waals surface area contributed by atoms with E-state index in [2.05, 4.69) is 50.4 Å². The van der Waals surface area contributed by atoms with Gasteiger partial charge in [-0.2, -0.15) is 0 Å². The summed E-state index contributed by atoms with van der Waals surface area (Å²) in [6.45, 7) is 3.19. The number of hydrogen-bond donors (Lipinski definition) is 2. The first kappa shape index (κ1) is 17.4. The molecule has 22 heavy (non-hydrogen) atoms. The Hall–Kier alpha value is -0.950. The zero-order chi connectivity index (χ0) is 15.9. The molecule has 1 aliphatic heterocycles. The summed E-state index contributed by atoms with van der Waals surface area (Å²) in [7, 11) is 1.55. The van der Waals surface area contributed by atoms with Gasteiger partial charge in [0.25, 0.3) is 0 Å². The number of nitrogens with two attached hydrogens (primary N) is 1. The SMILES string of the molecule is COCC(N)C(=O)NC1CCN(Cc2ccc(Br)cc2)CC1. The first-order chi connectivity index (χ1) is 10.6. The maximum Gasteiger partial charge on any atom is 0.239 e. The van der Waals surface area contributed by atoms with Crippen molar-refractivity contribution in [1.29, 1.82) is 0 Å². The van der Waals surface area contributed by atoms with Crippen LogP contribution in [0, 0.1) is 0 Å². The van der Waals surface area contributed by atoms with Crippen LogP contribution >= 0.6 is 15.9 Å². The smallest absolute Gasteiger partial charge is 0.239 e. The highest BCUT2D eigenvalue weighted by Gasteiger charge is 2.22. The van der Waals surface area contributed by atoms with Gasteiger partial charge in [-0.05, 0) is 30.5 Å². The number of rotatable bonds is 6. The van der Waals surface area contributed by atoms with Crippen molar-refractivity contribution in [3.8, 4) is 0 Å². The quantitative estimate of drug-likeness (QED) is 0.797. The summed E-state index contributed by atoms with van der Waals surface area (Å²) in [6.07, 6.45) is 1.92. The first-order valence-electron chi connectivity index (χ1n) is 7.60. The minimum Gasteiger partial charge on any atom is -0.383 e. The second-order valence-corrected chi connectivity index (χ2v) is 6.66. The van der Waals surface area contributed by atoms with E-state index in [9.17, 15) is 4.79 Å². The van der Waals surface area contributed by atoms with Crippen molar-refractivity contribution >= 4 is 21.8 Å². The van der Waals surface area contributed by atoms with Crippen LogP contribution in [-0.2, 0) is 16.1 Å². The number of ether oxygens (including phenoxy) is 1. The predicted molar refractivity (Wildman–Crippen MR) is 90.4 cm³/mol. The average Bonchev–Trinajstić information content (AvgIpc) is 2.51. The van der Waals surface area contributed by atoms with E-state index in [0.717, 1.165) is 36.9 Å². The van der Waals surface area contributed by atoms with E-state index in [1.807, 2.05) is 0 Å². The van der Waals surface area contributed by atoms with Crippen LogP contribution in [0.25, 0.3) is 0 Å². The molecular weight excluding hydrogens is 346 g/mol. The minimum absolute atomic E-state index is 0.117. The molecule has 1 aromatic carbocycles. The molecule has 3 N–H and O–H groups in total. The van der Waals surface area contributed by atoms with Gasteiger partial charge in [0, 0.05) is 37.3 Å². The zero-order valence-corrected chi connectivity index (χ0v) is 14.5. The Morgan fingerprint density at radius 2 is 2.05 bits per heavy atom.